The Kier molecular flexibility index (Phi) is 2.79. The molecule has 1 fully saturated rings. The molecule has 2 aliphatic heterocycles. The van der Waals surface area contributed by atoms with Gasteiger partial charge in [0.05, 0.1) is 6.20 Å². The van der Waals surface area contributed by atoms with Crippen molar-refractivity contribution in [3.8, 4) is 6.07 Å². The minimum Gasteiger partial charge on any atom is -0.297 e. The second-order valence-electron chi connectivity index (χ2n) is 5.99. The molecule has 0 saturated carbocycles. The smallest absolute Gasteiger partial charge is 0.172 e. The summed E-state index contributed by atoms with van der Waals surface area (Å²) in [5.74, 6) is 0. The van der Waals surface area contributed by atoms with Crippen LogP contribution >= 0.6 is 0 Å². The van der Waals surface area contributed by atoms with Crippen LogP contribution in [0.2, 0.25) is 0 Å². The van der Waals surface area contributed by atoms with Crippen LogP contribution < -0.4 is 0 Å². The second-order valence-corrected chi connectivity index (χ2v) is 5.99. The van der Waals surface area contributed by atoms with Gasteiger partial charge in [-0.2, -0.15) is 10.4 Å². The molecule has 0 aliphatic carbocycles. The normalized spacial score (nSPS) is 25.6. The molecule has 0 amide bonds. The van der Waals surface area contributed by atoms with Gasteiger partial charge < -0.3 is 0 Å². The summed E-state index contributed by atoms with van der Waals surface area (Å²) in [6.45, 7) is 0. The number of hydrogen-bond acceptors (Lipinski definition) is 4. The minimum atomic E-state index is 0.524. The summed E-state index contributed by atoms with van der Waals surface area (Å²) in [6, 6.07) is 3.32. The predicted molar refractivity (Wildman–Crippen MR) is 79.5 cm³/mol. The fourth-order valence-corrected chi connectivity index (χ4v) is 3.58. The van der Waals surface area contributed by atoms with Gasteiger partial charge in [0.25, 0.3) is 0 Å². The van der Waals surface area contributed by atoms with Crippen LogP contribution in [-0.4, -0.2) is 38.6 Å². The van der Waals surface area contributed by atoms with E-state index in [9.17, 15) is 0 Å². The summed E-state index contributed by atoms with van der Waals surface area (Å²) in [4.78, 5) is 6.92. The zero-order valence-electron chi connectivity index (χ0n) is 12.0. The zero-order chi connectivity index (χ0) is 14.4. The van der Waals surface area contributed by atoms with Crippen molar-refractivity contribution in [1.29, 1.82) is 5.26 Å². The molecule has 2 aliphatic rings. The lowest BCUT2D eigenvalue weighted by atomic mass is 9.84. The van der Waals surface area contributed by atoms with Crippen molar-refractivity contribution in [2.24, 2.45) is 0 Å². The van der Waals surface area contributed by atoms with Crippen molar-refractivity contribution < 1.29 is 0 Å². The number of fused-ring (bicyclic) bond motifs is 3. The summed E-state index contributed by atoms with van der Waals surface area (Å²) in [5, 5.41) is 13.2. The molecule has 5 heteroatoms. The molecule has 0 radical (unpaired) electrons. The van der Waals surface area contributed by atoms with Crippen molar-refractivity contribution in [2.75, 3.05) is 7.05 Å². The first-order chi connectivity index (χ1) is 10.3. The third-order valence-electron chi connectivity index (χ3n) is 4.83. The third-order valence-corrected chi connectivity index (χ3v) is 4.83. The van der Waals surface area contributed by atoms with Crippen molar-refractivity contribution in [3.63, 3.8) is 0 Å². The Bertz CT molecular complexity index is 767. The molecule has 106 valence electrons. The highest BCUT2D eigenvalue weighted by molar-refractivity contribution is 5.68. The molecule has 2 unspecified atom stereocenters. The van der Waals surface area contributed by atoms with Crippen LogP contribution in [0.3, 0.4) is 0 Å². The molecule has 4 rings (SSSR count). The van der Waals surface area contributed by atoms with Crippen LogP contribution in [0.25, 0.3) is 11.2 Å². The molecule has 4 heterocycles. The molecule has 2 aromatic heterocycles. The number of nitriles is 1. The highest BCUT2D eigenvalue weighted by Gasteiger charge is 2.31. The van der Waals surface area contributed by atoms with Gasteiger partial charge in [0.15, 0.2) is 5.65 Å². The van der Waals surface area contributed by atoms with E-state index >= 15 is 0 Å². The second kappa shape index (κ2) is 4.68. The largest absolute Gasteiger partial charge is 0.297 e. The molecule has 5 nitrogen and oxygen atoms in total. The molecular weight excluding hydrogens is 262 g/mol. The SMILES string of the molecule is CN1C2C=C(c3cnc4c(C#N)cnn4c3)CC1CCC2. The highest BCUT2D eigenvalue weighted by Crippen LogP contribution is 2.35. The Morgan fingerprint density at radius 2 is 2.24 bits per heavy atom. The summed E-state index contributed by atoms with van der Waals surface area (Å²) in [5.41, 5.74) is 3.65. The fourth-order valence-electron chi connectivity index (χ4n) is 3.58. The van der Waals surface area contributed by atoms with Crippen LogP contribution in [0.15, 0.2) is 24.7 Å². The number of likely N-dealkylation sites (N-methyl/N-ethyl adjacent to an activating group) is 1. The van der Waals surface area contributed by atoms with Crippen molar-refractivity contribution >= 4 is 11.2 Å². The van der Waals surface area contributed by atoms with Gasteiger partial charge in [-0.15, -0.1) is 0 Å². The Morgan fingerprint density at radius 1 is 1.33 bits per heavy atom. The van der Waals surface area contributed by atoms with Crippen LogP contribution in [0.5, 0.6) is 0 Å². The van der Waals surface area contributed by atoms with Crippen LogP contribution in [-0.2, 0) is 0 Å². The van der Waals surface area contributed by atoms with E-state index in [4.69, 9.17) is 5.26 Å². The first-order valence-electron chi connectivity index (χ1n) is 7.43. The molecule has 2 atom stereocenters. The van der Waals surface area contributed by atoms with E-state index in [-0.39, 0.29) is 0 Å². The van der Waals surface area contributed by atoms with Gasteiger partial charge in [0.2, 0.25) is 0 Å². The topological polar surface area (TPSA) is 57.2 Å². The molecule has 0 aromatic carbocycles. The van der Waals surface area contributed by atoms with Gasteiger partial charge >= 0.3 is 0 Å². The number of piperidine rings is 1. The summed E-state index contributed by atoms with van der Waals surface area (Å²) >= 11 is 0. The van der Waals surface area contributed by atoms with Gasteiger partial charge in [0, 0.05) is 30.0 Å². The maximum Gasteiger partial charge on any atom is 0.172 e. The molecule has 21 heavy (non-hydrogen) atoms. The predicted octanol–water partition coefficient (Wildman–Crippen LogP) is 2.24. The fraction of sp³-hybridized carbons (Fsp3) is 0.438. The summed E-state index contributed by atoms with van der Waals surface area (Å²) < 4.78 is 1.71. The highest BCUT2D eigenvalue weighted by atomic mass is 15.2. The average molecular weight is 279 g/mol. The number of hydrogen-bond donors (Lipinski definition) is 0. The molecular formula is C16H17N5. The Labute approximate surface area is 123 Å². The first-order valence-corrected chi connectivity index (χ1v) is 7.43. The lowest BCUT2D eigenvalue weighted by molar-refractivity contribution is 0.137. The van der Waals surface area contributed by atoms with Crippen molar-refractivity contribution in [1.82, 2.24) is 19.5 Å². The third kappa shape index (κ3) is 1.95. The standard InChI is InChI=1S/C16H17N5/c1-20-14-3-2-4-15(20)6-11(5-14)13-8-18-16-12(7-17)9-19-21(16)10-13/h5,8-10,14-15H,2-4,6H2,1H3. The number of aromatic nitrogens is 3. The van der Waals surface area contributed by atoms with E-state index in [1.807, 2.05) is 12.4 Å². The average Bonchev–Trinajstić information content (AvgIpc) is 2.89. The van der Waals surface area contributed by atoms with Crippen LogP contribution in [0.4, 0.5) is 0 Å². The molecule has 2 aromatic rings. The lowest BCUT2D eigenvalue weighted by Crippen LogP contribution is -2.45. The van der Waals surface area contributed by atoms with E-state index in [0.29, 0.717) is 23.3 Å². The van der Waals surface area contributed by atoms with E-state index in [1.54, 1.807) is 10.7 Å². The van der Waals surface area contributed by atoms with Gasteiger partial charge in [-0.1, -0.05) is 12.5 Å². The van der Waals surface area contributed by atoms with E-state index < -0.39 is 0 Å². The van der Waals surface area contributed by atoms with Crippen molar-refractivity contribution in [3.05, 3.63) is 35.8 Å². The zero-order valence-corrected chi connectivity index (χ0v) is 12.0. The van der Waals surface area contributed by atoms with Gasteiger partial charge in [-0.25, -0.2) is 9.50 Å². The number of nitrogens with zero attached hydrogens (tertiary/aromatic N) is 5. The molecule has 1 saturated heterocycles. The maximum absolute atomic E-state index is 9.02. The Hall–Kier alpha value is -2.19. The summed E-state index contributed by atoms with van der Waals surface area (Å²) in [7, 11) is 2.23. The Balaban J connectivity index is 1.75. The van der Waals surface area contributed by atoms with Crippen molar-refractivity contribution in [2.45, 2.75) is 37.8 Å². The maximum atomic E-state index is 9.02. The van der Waals surface area contributed by atoms with E-state index in [1.165, 1.54) is 24.8 Å². The minimum absolute atomic E-state index is 0.524. The monoisotopic (exact) mass is 279 g/mol. The van der Waals surface area contributed by atoms with Gasteiger partial charge in [0.1, 0.15) is 11.6 Å². The Morgan fingerprint density at radius 3 is 3.05 bits per heavy atom. The summed E-state index contributed by atoms with van der Waals surface area (Å²) in [6.07, 6.45) is 12.8. The van der Waals surface area contributed by atoms with E-state index in [2.05, 4.69) is 34.2 Å². The quantitative estimate of drug-likeness (QED) is 0.803. The van der Waals surface area contributed by atoms with Crippen LogP contribution in [0, 0.1) is 11.3 Å². The first kappa shape index (κ1) is 12.5. The van der Waals surface area contributed by atoms with Gasteiger partial charge in [-0.05, 0) is 31.9 Å². The molecule has 2 bridgehead atoms. The lowest BCUT2D eigenvalue weighted by Gasteiger charge is -2.42. The van der Waals surface area contributed by atoms with Crippen LogP contribution in [0.1, 0.15) is 36.8 Å². The number of rotatable bonds is 1. The molecule has 0 spiro atoms. The van der Waals surface area contributed by atoms with Gasteiger partial charge in [-0.3, -0.25) is 4.90 Å². The molecule has 0 N–H and O–H groups in total. The van der Waals surface area contributed by atoms with E-state index in [0.717, 1.165) is 12.0 Å².